The molecule has 0 aliphatic heterocycles. The van der Waals surface area contributed by atoms with Gasteiger partial charge in [-0.05, 0) is 89.4 Å². The first-order valence-corrected chi connectivity index (χ1v) is 15.6. The Labute approximate surface area is 280 Å². The monoisotopic (exact) mass is 654 g/mol. The van der Waals surface area contributed by atoms with Gasteiger partial charge in [0.2, 0.25) is 0 Å². The first kappa shape index (κ1) is 36.8. The SMILES string of the molecule is C=C/C(NC(=O)COc1ccc(-c2ccc(OCC(=O)Nc3ccccc3C(=O)O)c(C(C)CC)c2)cc1C(C)CC)=C(\C=C)C(=O)O. The van der Waals surface area contributed by atoms with Crippen LogP contribution in [0.4, 0.5) is 5.69 Å². The van der Waals surface area contributed by atoms with Gasteiger partial charge in [0.25, 0.3) is 11.8 Å². The van der Waals surface area contributed by atoms with Gasteiger partial charge in [-0.3, -0.25) is 9.59 Å². The molecule has 2 unspecified atom stereocenters. The maximum absolute atomic E-state index is 12.7. The molecule has 252 valence electrons. The van der Waals surface area contributed by atoms with Crippen LogP contribution in [0, 0.1) is 0 Å². The minimum atomic E-state index is -1.24. The molecule has 3 aromatic rings. The van der Waals surface area contributed by atoms with E-state index < -0.39 is 23.8 Å². The molecule has 48 heavy (non-hydrogen) atoms. The third-order valence-corrected chi connectivity index (χ3v) is 7.99. The average Bonchev–Trinajstić information content (AvgIpc) is 3.08. The number of rotatable bonds is 17. The zero-order valence-corrected chi connectivity index (χ0v) is 27.7. The summed E-state index contributed by atoms with van der Waals surface area (Å²) in [5, 5.41) is 23.9. The number of anilines is 1. The Morgan fingerprint density at radius 2 is 1.29 bits per heavy atom. The van der Waals surface area contributed by atoms with Gasteiger partial charge >= 0.3 is 11.9 Å². The maximum Gasteiger partial charge on any atom is 0.337 e. The van der Waals surface area contributed by atoms with Crippen LogP contribution < -0.4 is 20.1 Å². The second kappa shape index (κ2) is 17.3. The van der Waals surface area contributed by atoms with Gasteiger partial charge < -0.3 is 30.3 Å². The highest BCUT2D eigenvalue weighted by Crippen LogP contribution is 2.37. The molecule has 3 aromatic carbocycles. The summed E-state index contributed by atoms with van der Waals surface area (Å²) < 4.78 is 11.9. The molecular formula is C38H42N2O8. The fourth-order valence-corrected chi connectivity index (χ4v) is 4.91. The van der Waals surface area contributed by atoms with Crippen molar-refractivity contribution in [1.29, 1.82) is 0 Å². The summed E-state index contributed by atoms with van der Waals surface area (Å²) in [6, 6.07) is 17.7. The molecule has 10 heteroatoms. The van der Waals surface area contributed by atoms with Crippen LogP contribution in [-0.2, 0) is 14.4 Å². The number of benzene rings is 3. The van der Waals surface area contributed by atoms with Gasteiger partial charge in [-0.15, -0.1) is 0 Å². The Hall–Kier alpha value is -5.64. The molecule has 0 saturated carbocycles. The summed E-state index contributed by atoms with van der Waals surface area (Å²) in [4.78, 5) is 48.3. The number of allylic oxidation sites excluding steroid dienone is 1. The third-order valence-electron chi connectivity index (χ3n) is 7.99. The maximum atomic E-state index is 12.7. The first-order valence-electron chi connectivity index (χ1n) is 15.6. The molecule has 0 saturated heterocycles. The molecule has 4 N–H and O–H groups in total. The quantitative estimate of drug-likeness (QED) is 0.0874. The summed E-state index contributed by atoms with van der Waals surface area (Å²) >= 11 is 0. The number of carbonyl (C=O) groups excluding carboxylic acids is 2. The average molecular weight is 655 g/mol. The Balaban J connectivity index is 1.83. The van der Waals surface area contributed by atoms with Gasteiger partial charge in [-0.25, -0.2) is 9.59 Å². The predicted molar refractivity (Wildman–Crippen MR) is 186 cm³/mol. The molecule has 0 aliphatic rings. The van der Waals surface area contributed by atoms with E-state index in [1.807, 2.05) is 36.4 Å². The van der Waals surface area contributed by atoms with E-state index in [1.54, 1.807) is 12.1 Å². The van der Waals surface area contributed by atoms with Crippen molar-refractivity contribution >= 4 is 29.4 Å². The number of para-hydroxylation sites is 1. The smallest absolute Gasteiger partial charge is 0.337 e. The van der Waals surface area contributed by atoms with E-state index in [4.69, 9.17) is 9.47 Å². The fraction of sp³-hybridized carbons (Fsp3) is 0.263. The molecule has 0 radical (unpaired) electrons. The number of carboxylic acids is 2. The normalized spacial score (nSPS) is 12.5. The number of hydrogen-bond donors (Lipinski definition) is 4. The van der Waals surface area contributed by atoms with Crippen molar-refractivity contribution in [2.45, 2.75) is 52.4 Å². The van der Waals surface area contributed by atoms with Crippen LogP contribution in [-0.4, -0.2) is 47.2 Å². The number of ether oxygens (including phenoxy) is 2. The van der Waals surface area contributed by atoms with Crippen LogP contribution >= 0.6 is 0 Å². The summed E-state index contributed by atoms with van der Waals surface area (Å²) in [7, 11) is 0. The third kappa shape index (κ3) is 9.45. The molecule has 0 aromatic heterocycles. The fourth-order valence-electron chi connectivity index (χ4n) is 4.91. The highest BCUT2D eigenvalue weighted by atomic mass is 16.5. The standard InChI is InChI=1S/C38H42N2O8/c1-7-23(5)29-19-25(15-17-33(29)47-21-35(41)39-31(10-4)27(9-3)37(43)44)26-16-18-34(30(20-26)24(6)8-2)48-22-36(42)40-32-14-12-11-13-28(32)38(45)46/h9-20,23-24H,3-4,7-8,21-22H2,1-2,5-6H3,(H,39,41)(H,40,42)(H,43,44)(H,45,46)/b31-27-. The molecule has 2 amide bonds. The Morgan fingerprint density at radius 3 is 1.75 bits per heavy atom. The van der Waals surface area contributed by atoms with Crippen molar-refractivity contribution in [3.05, 3.63) is 114 Å². The van der Waals surface area contributed by atoms with Gasteiger partial charge in [0.1, 0.15) is 11.5 Å². The van der Waals surface area contributed by atoms with Crippen LogP contribution in [0.3, 0.4) is 0 Å². The Kier molecular flexibility index (Phi) is 13.3. The Morgan fingerprint density at radius 1 is 0.771 bits per heavy atom. The predicted octanol–water partition coefficient (Wildman–Crippen LogP) is 7.30. The molecular weight excluding hydrogens is 612 g/mol. The van der Waals surface area contributed by atoms with E-state index in [0.29, 0.717) is 11.5 Å². The number of amides is 2. The molecule has 3 rings (SSSR count). The van der Waals surface area contributed by atoms with Crippen molar-refractivity contribution in [3.63, 3.8) is 0 Å². The summed E-state index contributed by atoms with van der Waals surface area (Å²) in [6.07, 6.45) is 4.02. The highest BCUT2D eigenvalue weighted by Gasteiger charge is 2.19. The number of aromatic carboxylic acids is 1. The molecule has 2 atom stereocenters. The van der Waals surface area contributed by atoms with Crippen LogP contribution in [0.25, 0.3) is 11.1 Å². The largest absolute Gasteiger partial charge is 0.483 e. The van der Waals surface area contributed by atoms with E-state index >= 15 is 0 Å². The lowest BCUT2D eigenvalue weighted by molar-refractivity contribution is -0.132. The van der Waals surface area contributed by atoms with Gasteiger partial charge in [-0.1, -0.05) is 71.2 Å². The highest BCUT2D eigenvalue weighted by molar-refractivity contribution is 6.01. The second-order valence-corrected chi connectivity index (χ2v) is 11.2. The zero-order valence-electron chi connectivity index (χ0n) is 27.7. The number of aliphatic carboxylic acids is 1. The Bertz CT molecular complexity index is 1730. The zero-order chi connectivity index (χ0) is 35.4. The lowest BCUT2D eigenvalue weighted by atomic mass is 9.91. The summed E-state index contributed by atoms with van der Waals surface area (Å²) in [6.45, 7) is 14.7. The second-order valence-electron chi connectivity index (χ2n) is 11.2. The van der Waals surface area contributed by atoms with Gasteiger partial charge in [0.15, 0.2) is 13.2 Å². The molecule has 0 spiro atoms. The molecule has 10 nitrogen and oxygen atoms in total. The lowest BCUT2D eigenvalue weighted by Gasteiger charge is -2.20. The van der Waals surface area contributed by atoms with Gasteiger partial charge in [0.05, 0.1) is 22.5 Å². The summed E-state index contributed by atoms with van der Waals surface area (Å²) in [5.74, 6) is -2.10. The van der Waals surface area contributed by atoms with E-state index in [2.05, 4.69) is 51.5 Å². The molecule has 0 heterocycles. The number of carbonyl (C=O) groups is 4. The van der Waals surface area contributed by atoms with Crippen LogP contribution in [0.2, 0.25) is 0 Å². The van der Waals surface area contributed by atoms with Gasteiger partial charge in [0, 0.05) is 0 Å². The minimum Gasteiger partial charge on any atom is -0.483 e. The first-order chi connectivity index (χ1) is 22.9. The van der Waals surface area contributed by atoms with Crippen molar-refractivity contribution in [1.82, 2.24) is 5.32 Å². The van der Waals surface area contributed by atoms with E-state index in [-0.39, 0.29) is 47.6 Å². The topological polar surface area (TPSA) is 151 Å². The van der Waals surface area contributed by atoms with E-state index in [9.17, 15) is 29.4 Å². The van der Waals surface area contributed by atoms with Crippen LogP contribution in [0.5, 0.6) is 11.5 Å². The van der Waals surface area contributed by atoms with E-state index in [0.717, 1.165) is 41.2 Å². The number of hydrogen-bond acceptors (Lipinski definition) is 6. The molecule has 0 aliphatic carbocycles. The van der Waals surface area contributed by atoms with Crippen LogP contribution in [0.15, 0.2) is 97.2 Å². The molecule has 0 fully saturated rings. The van der Waals surface area contributed by atoms with Crippen molar-refractivity contribution in [3.8, 4) is 22.6 Å². The molecule has 0 bridgehead atoms. The lowest BCUT2D eigenvalue weighted by Crippen LogP contribution is -2.29. The number of carboxylic acid groups (broad SMARTS) is 2. The van der Waals surface area contributed by atoms with Crippen molar-refractivity contribution in [2.24, 2.45) is 0 Å². The van der Waals surface area contributed by atoms with Crippen LogP contribution in [0.1, 0.15) is 73.9 Å². The van der Waals surface area contributed by atoms with Crippen molar-refractivity contribution < 1.29 is 38.9 Å². The minimum absolute atomic E-state index is 0.0104. The van der Waals surface area contributed by atoms with Gasteiger partial charge in [-0.2, -0.15) is 0 Å². The summed E-state index contributed by atoms with van der Waals surface area (Å²) in [5.41, 5.74) is 3.71. The van der Waals surface area contributed by atoms with E-state index in [1.165, 1.54) is 18.2 Å². The number of nitrogens with one attached hydrogen (secondary N) is 2. The van der Waals surface area contributed by atoms with Crippen molar-refractivity contribution in [2.75, 3.05) is 18.5 Å².